The molecule has 4 heteroatoms. The van der Waals surface area contributed by atoms with Crippen molar-refractivity contribution in [2.24, 2.45) is 11.8 Å². The summed E-state index contributed by atoms with van der Waals surface area (Å²) in [6.07, 6.45) is 1.86. The van der Waals surface area contributed by atoms with E-state index in [9.17, 15) is 9.90 Å². The molecule has 0 aromatic heterocycles. The van der Waals surface area contributed by atoms with Crippen LogP contribution >= 0.6 is 0 Å². The molecule has 0 spiro atoms. The van der Waals surface area contributed by atoms with Gasteiger partial charge in [0.25, 0.3) is 0 Å². The van der Waals surface area contributed by atoms with E-state index in [4.69, 9.17) is 9.47 Å². The van der Waals surface area contributed by atoms with Gasteiger partial charge in [-0.05, 0) is 72.9 Å². The van der Waals surface area contributed by atoms with E-state index in [1.54, 1.807) is 0 Å². The minimum atomic E-state index is -0.874. The van der Waals surface area contributed by atoms with Crippen molar-refractivity contribution >= 4 is 5.97 Å². The molecule has 0 atom stereocenters. The summed E-state index contributed by atoms with van der Waals surface area (Å²) in [7, 11) is 1.41. The second-order valence-corrected chi connectivity index (χ2v) is 9.88. The zero-order valence-corrected chi connectivity index (χ0v) is 21.9. The third kappa shape index (κ3) is 5.27. The van der Waals surface area contributed by atoms with Crippen LogP contribution < -0.4 is 4.74 Å². The Morgan fingerprint density at radius 2 is 1.42 bits per heavy atom. The number of hydrogen-bond donors (Lipinski definition) is 1. The van der Waals surface area contributed by atoms with Crippen LogP contribution in [0.4, 0.5) is 0 Å². The van der Waals surface area contributed by atoms with Crippen LogP contribution in [-0.2, 0) is 10.2 Å². The average Bonchev–Trinajstić information content (AvgIpc) is 2.78. The predicted octanol–water partition coefficient (Wildman–Crippen LogP) is 6.62. The van der Waals surface area contributed by atoms with Crippen LogP contribution in [0.1, 0.15) is 87.0 Å². The summed E-state index contributed by atoms with van der Waals surface area (Å²) in [5.41, 5.74) is 3.95. The highest BCUT2D eigenvalue weighted by Crippen LogP contribution is 2.41. The van der Waals surface area contributed by atoms with Gasteiger partial charge in [-0.15, -0.1) is 0 Å². The summed E-state index contributed by atoms with van der Waals surface area (Å²) in [5.74, 6) is 0.691. The van der Waals surface area contributed by atoms with Crippen LogP contribution in [-0.4, -0.2) is 30.4 Å². The van der Waals surface area contributed by atoms with Crippen molar-refractivity contribution in [3.05, 3.63) is 64.2 Å². The monoisotopic (exact) mass is 454 g/mol. The first-order chi connectivity index (χ1) is 15.5. The quantitative estimate of drug-likeness (QED) is 0.410. The van der Waals surface area contributed by atoms with Gasteiger partial charge in [0.05, 0.1) is 12.7 Å². The molecule has 0 heterocycles. The van der Waals surface area contributed by atoms with Crippen LogP contribution in [0.25, 0.3) is 0 Å². The number of methoxy groups -OCH3 is 1. The summed E-state index contributed by atoms with van der Waals surface area (Å²) >= 11 is 0. The van der Waals surface area contributed by atoms with Crippen molar-refractivity contribution < 1.29 is 19.4 Å². The maximum Gasteiger partial charge on any atom is 0.338 e. The lowest BCUT2D eigenvalue weighted by Crippen LogP contribution is -2.46. The van der Waals surface area contributed by atoms with Gasteiger partial charge in [0.1, 0.15) is 18.0 Å². The molecule has 0 aliphatic heterocycles. The van der Waals surface area contributed by atoms with Crippen LogP contribution in [0.15, 0.2) is 36.4 Å². The number of carbonyl (C=O) groups excluding carboxylic acids is 1. The number of carbonyl (C=O) groups is 1. The number of ether oxygens (including phenoxy) is 2. The van der Waals surface area contributed by atoms with E-state index in [2.05, 4.69) is 45.0 Å². The minimum Gasteiger partial charge on any atom is -0.490 e. The van der Waals surface area contributed by atoms with Gasteiger partial charge >= 0.3 is 5.97 Å². The summed E-state index contributed by atoms with van der Waals surface area (Å²) in [4.78, 5) is 12.0. The number of rotatable bonds is 10. The van der Waals surface area contributed by atoms with Gasteiger partial charge in [0, 0.05) is 5.41 Å². The maximum absolute atomic E-state index is 12.0. The molecule has 2 aromatic rings. The van der Waals surface area contributed by atoms with Crippen molar-refractivity contribution in [1.82, 2.24) is 0 Å². The topological polar surface area (TPSA) is 55.8 Å². The van der Waals surface area contributed by atoms with Crippen molar-refractivity contribution in [2.75, 3.05) is 13.7 Å². The highest BCUT2D eigenvalue weighted by atomic mass is 16.5. The molecular formula is C29H42O4. The molecule has 0 fully saturated rings. The van der Waals surface area contributed by atoms with E-state index in [0.717, 1.165) is 29.7 Å². The second kappa shape index (κ2) is 10.7. The fourth-order valence-electron chi connectivity index (χ4n) is 4.84. The van der Waals surface area contributed by atoms with E-state index in [1.165, 1.54) is 18.2 Å². The lowest BCUT2D eigenvalue weighted by Gasteiger charge is -2.36. The molecule has 2 aromatic carbocycles. The molecule has 182 valence electrons. The third-order valence-electron chi connectivity index (χ3n) is 7.58. The molecule has 0 aliphatic carbocycles. The number of esters is 1. The number of aliphatic hydroxyl groups is 1. The molecule has 0 unspecified atom stereocenters. The molecule has 0 amide bonds. The summed E-state index contributed by atoms with van der Waals surface area (Å²) in [6, 6.07) is 12.4. The molecular weight excluding hydrogens is 412 g/mol. The summed E-state index contributed by atoms with van der Waals surface area (Å²) in [5, 5.41) is 11.1. The van der Waals surface area contributed by atoms with Crippen LogP contribution in [0, 0.1) is 25.7 Å². The van der Waals surface area contributed by atoms with Gasteiger partial charge in [-0.2, -0.15) is 0 Å². The lowest BCUT2D eigenvalue weighted by molar-refractivity contribution is -0.0786. The average molecular weight is 455 g/mol. The van der Waals surface area contributed by atoms with Crippen LogP contribution in [0.2, 0.25) is 0 Å². The van der Waals surface area contributed by atoms with Gasteiger partial charge in [0.2, 0.25) is 0 Å². The summed E-state index contributed by atoms with van der Waals surface area (Å²) in [6.45, 7) is 16.8. The SMILES string of the molecule is CCC(CC)(c1ccc(OCC(O)(C(C)C)C(C)C)c(C)c1)c1ccc(C(=O)OC)c(C)c1. The maximum atomic E-state index is 12.0. The van der Waals surface area contributed by atoms with Gasteiger partial charge in [-0.1, -0.05) is 65.8 Å². The Hall–Kier alpha value is -2.33. The van der Waals surface area contributed by atoms with Crippen LogP contribution in [0.5, 0.6) is 5.75 Å². The summed E-state index contributed by atoms with van der Waals surface area (Å²) < 4.78 is 11.1. The molecule has 0 radical (unpaired) electrons. The molecule has 0 aliphatic rings. The van der Waals surface area contributed by atoms with Crippen LogP contribution in [0.3, 0.4) is 0 Å². The molecule has 0 bridgehead atoms. The standard InChI is InChI=1S/C29H42O4/c1-10-28(11-2,23-12-14-25(21(7)16-23)27(30)32-9)24-13-15-26(22(8)17-24)33-18-29(31,19(3)4)20(5)6/h12-17,19-20,31H,10-11,18H2,1-9H3. The molecule has 2 rings (SSSR count). The second-order valence-electron chi connectivity index (χ2n) is 9.88. The van der Waals surface area contributed by atoms with Gasteiger partial charge in [-0.25, -0.2) is 4.79 Å². The Morgan fingerprint density at radius 1 is 0.909 bits per heavy atom. The Kier molecular flexibility index (Phi) is 8.75. The molecule has 0 saturated heterocycles. The Labute approximate surface area is 200 Å². The van der Waals surface area contributed by atoms with Gasteiger partial charge in [-0.3, -0.25) is 0 Å². The van der Waals surface area contributed by atoms with E-state index in [1.807, 2.05) is 46.8 Å². The van der Waals surface area contributed by atoms with E-state index in [-0.39, 0.29) is 29.8 Å². The molecule has 4 nitrogen and oxygen atoms in total. The van der Waals surface area contributed by atoms with Crippen molar-refractivity contribution in [1.29, 1.82) is 0 Å². The fourth-order valence-corrected chi connectivity index (χ4v) is 4.84. The van der Waals surface area contributed by atoms with Gasteiger partial charge < -0.3 is 14.6 Å². The third-order valence-corrected chi connectivity index (χ3v) is 7.58. The Bertz CT molecular complexity index is 946. The van der Waals surface area contributed by atoms with E-state index in [0.29, 0.717) is 5.56 Å². The zero-order valence-electron chi connectivity index (χ0n) is 21.9. The molecule has 0 saturated carbocycles. The zero-order chi connectivity index (χ0) is 25.0. The first kappa shape index (κ1) is 26.9. The van der Waals surface area contributed by atoms with E-state index < -0.39 is 5.60 Å². The van der Waals surface area contributed by atoms with E-state index >= 15 is 0 Å². The lowest BCUT2D eigenvalue weighted by atomic mass is 9.70. The Morgan fingerprint density at radius 3 is 1.85 bits per heavy atom. The molecule has 33 heavy (non-hydrogen) atoms. The normalized spacial score (nSPS) is 12.4. The highest BCUT2D eigenvalue weighted by molar-refractivity contribution is 5.91. The minimum absolute atomic E-state index is 0.0983. The number of hydrogen-bond acceptors (Lipinski definition) is 4. The highest BCUT2D eigenvalue weighted by Gasteiger charge is 2.36. The smallest absolute Gasteiger partial charge is 0.338 e. The van der Waals surface area contributed by atoms with Crippen molar-refractivity contribution in [3.63, 3.8) is 0 Å². The first-order valence-corrected chi connectivity index (χ1v) is 12.1. The molecule has 1 N–H and O–H groups in total. The first-order valence-electron chi connectivity index (χ1n) is 12.1. The van der Waals surface area contributed by atoms with Crippen molar-refractivity contribution in [3.8, 4) is 5.75 Å². The van der Waals surface area contributed by atoms with Crippen molar-refractivity contribution in [2.45, 2.75) is 79.2 Å². The predicted molar refractivity (Wildman–Crippen MR) is 135 cm³/mol. The number of benzene rings is 2. The Balaban J connectivity index is 2.42. The largest absolute Gasteiger partial charge is 0.490 e. The van der Waals surface area contributed by atoms with Gasteiger partial charge in [0.15, 0.2) is 0 Å². The fraction of sp³-hybridized carbons (Fsp3) is 0.552. The number of aryl methyl sites for hydroxylation is 2.